The number of hydrogen-bond donors (Lipinski definition) is 0. The first-order chi connectivity index (χ1) is 12.2. The number of thiazole rings is 1. The summed E-state index contributed by atoms with van der Waals surface area (Å²) in [5, 5.41) is 0.623. The number of aromatic nitrogens is 2. The van der Waals surface area contributed by atoms with Gasteiger partial charge in [-0.1, -0.05) is 33.3 Å². The highest BCUT2D eigenvalue weighted by Gasteiger charge is 2.23. The van der Waals surface area contributed by atoms with Crippen LogP contribution in [0.5, 0.6) is 0 Å². The van der Waals surface area contributed by atoms with Crippen LogP contribution in [0, 0.1) is 0 Å². The van der Waals surface area contributed by atoms with Crippen molar-refractivity contribution in [3.8, 4) is 0 Å². The fraction of sp³-hybridized carbons (Fsp3) is 0.0556. The van der Waals surface area contributed by atoms with Crippen LogP contribution in [0.3, 0.4) is 0 Å². The average Bonchev–Trinajstić information content (AvgIpc) is 3.29. The van der Waals surface area contributed by atoms with Gasteiger partial charge in [-0.05, 0) is 42.0 Å². The number of halogens is 1. The maximum Gasteiger partial charge on any atom is 0.296 e. The van der Waals surface area contributed by atoms with Crippen LogP contribution < -0.4 is 4.90 Å². The number of carbonyl (C=O) groups is 1. The molecule has 0 unspecified atom stereocenters. The standard InChI is InChI=1S/C18H12BrN3O2S/c19-13-5-6-14-16(9-13)25-18(21-14)22(11-12-3-1-7-20-10-12)17(23)15-4-2-8-24-15/h1-10H,11H2. The molecule has 0 aliphatic rings. The molecule has 0 bridgehead atoms. The van der Waals surface area contributed by atoms with Crippen molar-refractivity contribution in [1.82, 2.24) is 9.97 Å². The Hall–Kier alpha value is -2.51. The molecule has 0 saturated carbocycles. The van der Waals surface area contributed by atoms with E-state index in [4.69, 9.17) is 4.42 Å². The van der Waals surface area contributed by atoms with Crippen molar-refractivity contribution in [2.45, 2.75) is 6.54 Å². The quantitative estimate of drug-likeness (QED) is 0.477. The third-order valence-corrected chi connectivity index (χ3v) is 5.15. The van der Waals surface area contributed by atoms with E-state index in [2.05, 4.69) is 25.9 Å². The lowest BCUT2D eigenvalue weighted by Gasteiger charge is -2.18. The van der Waals surface area contributed by atoms with Crippen LogP contribution in [0.25, 0.3) is 10.2 Å². The second kappa shape index (κ2) is 6.78. The average molecular weight is 414 g/mol. The summed E-state index contributed by atoms with van der Waals surface area (Å²) in [6, 6.07) is 13.0. The molecule has 3 aromatic heterocycles. The second-order valence-electron chi connectivity index (χ2n) is 5.34. The highest BCUT2D eigenvalue weighted by Crippen LogP contribution is 2.32. The maximum absolute atomic E-state index is 12.9. The number of nitrogens with zero attached hydrogens (tertiary/aromatic N) is 3. The van der Waals surface area contributed by atoms with Gasteiger partial charge in [0.25, 0.3) is 5.91 Å². The van der Waals surface area contributed by atoms with Crippen LogP contribution in [0.15, 0.2) is 70.0 Å². The zero-order chi connectivity index (χ0) is 17.2. The molecule has 0 spiro atoms. The van der Waals surface area contributed by atoms with Crippen LogP contribution in [-0.4, -0.2) is 15.9 Å². The summed E-state index contributed by atoms with van der Waals surface area (Å²) in [6.45, 7) is 0.369. The molecule has 1 aromatic carbocycles. The van der Waals surface area contributed by atoms with Gasteiger partial charge >= 0.3 is 0 Å². The molecular weight excluding hydrogens is 402 g/mol. The van der Waals surface area contributed by atoms with Crippen molar-refractivity contribution in [3.63, 3.8) is 0 Å². The Morgan fingerprint density at radius 3 is 2.92 bits per heavy atom. The Labute approximate surface area is 156 Å². The smallest absolute Gasteiger partial charge is 0.296 e. The summed E-state index contributed by atoms with van der Waals surface area (Å²) >= 11 is 4.93. The van der Waals surface area contributed by atoms with Gasteiger partial charge in [0.05, 0.1) is 23.0 Å². The van der Waals surface area contributed by atoms with Crippen molar-refractivity contribution in [2.75, 3.05) is 4.90 Å². The Balaban J connectivity index is 1.76. The lowest BCUT2D eigenvalue weighted by atomic mass is 10.2. The summed E-state index contributed by atoms with van der Waals surface area (Å²) in [5.41, 5.74) is 1.77. The predicted octanol–water partition coefficient (Wildman–Crippen LogP) is 4.89. The van der Waals surface area contributed by atoms with Crippen molar-refractivity contribution in [3.05, 3.63) is 76.9 Å². The molecule has 0 fully saturated rings. The Morgan fingerprint density at radius 1 is 1.24 bits per heavy atom. The van der Waals surface area contributed by atoms with Crippen molar-refractivity contribution in [1.29, 1.82) is 0 Å². The molecule has 124 valence electrons. The fourth-order valence-corrected chi connectivity index (χ4v) is 3.95. The van der Waals surface area contributed by atoms with E-state index in [9.17, 15) is 4.79 Å². The van der Waals surface area contributed by atoms with Crippen LogP contribution in [-0.2, 0) is 6.54 Å². The van der Waals surface area contributed by atoms with E-state index < -0.39 is 0 Å². The highest BCUT2D eigenvalue weighted by atomic mass is 79.9. The van der Waals surface area contributed by atoms with Gasteiger partial charge in [-0.3, -0.25) is 14.7 Å². The Bertz CT molecular complexity index is 1020. The number of fused-ring (bicyclic) bond motifs is 1. The van der Waals surface area contributed by atoms with E-state index in [-0.39, 0.29) is 11.7 Å². The molecule has 5 nitrogen and oxygen atoms in total. The van der Waals surface area contributed by atoms with Gasteiger partial charge < -0.3 is 4.42 Å². The summed E-state index contributed by atoms with van der Waals surface area (Å²) in [6.07, 6.45) is 4.94. The summed E-state index contributed by atoms with van der Waals surface area (Å²) in [5.74, 6) is 0.0521. The largest absolute Gasteiger partial charge is 0.459 e. The van der Waals surface area contributed by atoms with Crippen LogP contribution in [0.4, 0.5) is 5.13 Å². The number of benzene rings is 1. The molecule has 25 heavy (non-hydrogen) atoms. The minimum Gasteiger partial charge on any atom is -0.459 e. The molecule has 0 aliphatic heterocycles. The van der Waals surface area contributed by atoms with Crippen LogP contribution >= 0.6 is 27.3 Å². The van der Waals surface area contributed by atoms with Crippen LogP contribution in [0.2, 0.25) is 0 Å². The summed E-state index contributed by atoms with van der Waals surface area (Å²) in [7, 11) is 0. The molecule has 7 heteroatoms. The number of carbonyl (C=O) groups excluding carboxylic acids is 1. The lowest BCUT2D eigenvalue weighted by molar-refractivity contribution is 0.0958. The van der Waals surface area contributed by atoms with Crippen molar-refractivity contribution < 1.29 is 9.21 Å². The first-order valence-electron chi connectivity index (χ1n) is 7.51. The van der Waals surface area contributed by atoms with E-state index in [0.717, 1.165) is 20.3 Å². The molecule has 4 rings (SSSR count). The van der Waals surface area contributed by atoms with Gasteiger partial charge in [0.15, 0.2) is 10.9 Å². The van der Waals surface area contributed by atoms with Gasteiger partial charge in [0.2, 0.25) is 0 Å². The molecule has 4 aromatic rings. The number of amides is 1. The minimum absolute atomic E-state index is 0.230. The zero-order valence-corrected chi connectivity index (χ0v) is 15.3. The third-order valence-electron chi connectivity index (χ3n) is 3.61. The molecule has 3 heterocycles. The van der Waals surface area contributed by atoms with Gasteiger partial charge in [0.1, 0.15) is 0 Å². The van der Waals surface area contributed by atoms with E-state index in [1.807, 2.05) is 30.3 Å². The van der Waals surface area contributed by atoms with Gasteiger partial charge in [0, 0.05) is 16.9 Å². The Kier molecular flexibility index (Phi) is 4.33. The Morgan fingerprint density at radius 2 is 2.16 bits per heavy atom. The fourth-order valence-electron chi connectivity index (χ4n) is 2.44. The first-order valence-corrected chi connectivity index (χ1v) is 9.12. The third kappa shape index (κ3) is 3.33. The number of rotatable bonds is 4. The van der Waals surface area contributed by atoms with Crippen molar-refractivity contribution >= 4 is 48.5 Å². The monoisotopic (exact) mass is 413 g/mol. The molecule has 0 N–H and O–H groups in total. The van der Waals surface area contributed by atoms with E-state index >= 15 is 0 Å². The van der Waals surface area contributed by atoms with Gasteiger partial charge in [-0.2, -0.15) is 0 Å². The molecular formula is C18H12BrN3O2S. The predicted molar refractivity (Wildman–Crippen MR) is 101 cm³/mol. The summed E-state index contributed by atoms with van der Waals surface area (Å²) in [4.78, 5) is 23.3. The molecule has 0 aliphatic carbocycles. The number of furan rings is 1. The van der Waals surface area contributed by atoms with Crippen molar-refractivity contribution in [2.24, 2.45) is 0 Å². The highest BCUT2D eigenvalue weighted by molar-refractivity contribution is 9.10. The number of hydrogen-bond acceptors (Lipinski definition) is 5. The van der Waals surface area contributed by atoms with Gasteiger partial charge in [-0.15, -0.1) is 0 Å². The van der Waals surface area contributed by atoms with E-state index in [1.54, 1.807) is 29.4 Å². The minimum atomic E-state index is -0.230. The zero-order valence-electron chi connectivity index (χ0n) is 12.9. The normalized spacial score (nSPS) is 10.9. The summed E-state index contributed by atoms with van der Waals surface area (Å²) < 4.78 is 7.28. The first kappa shape index (κ1) is 16.0. The number of anilines is 1. The molecule has 0 atom stereocenters. The number of pyridine rings is 1. The SMILES string of the molecule is O=C(c1ccco1)N(Cc1cccnc1)c1nc2ccc(Br)cc2s1. The lowest BCUT2D eigenvalue weighted by Crippen LogP contribution is -2.30. The topological polar surface area (TPSA) is 59.2 Å². The van der Waals surface area contributed by atoms with E-state index in [1.165, 1.54) is 17.6 Å². The molecule has 1 amide bonds. The van der Waals surface area contributed by atoms with E-state index in [0.29, 0.717) is 11.7 Å². The maximum atomic E-state index is 12.9. The second-order valence-corrected chi connectivity index (χ2v) is 7.26. The molecule has 0 saturated heterocycles. The van der Waals surface area contributed by atoms with Gasteiger partial charge in [-0.25, -0.2) is 4.98 Å². The van der Waals surface area contributed by atoms with Crippen LogP contribution in [0.1, 0.15) is 16.1 Å². The molecule has 0 radical (unpaired) electrons.